The number of phenolic OH excluding ortho intramolecular Hbond substituents is 1. The maximum atomic E-state index is 11.4. The minimum Gasteiger partial charge on any atom is -0.502 e. The zero-order valence-corrected chi connectivity index (χ0v) is 11.8. The van der Waals surface area contributed by atoms with Crippen LogP contribution in [0.4, 0.5) is 0 Å². The molecule has 0 radical (unpaired) electrons. The van der Waals surface area contributed by atoms with Crippen LogP contribution in [0.1, 0.15) is 18.4 Å². The first kappa shape index (κ1) is 13.8. The highest BCUT2D eigenvalue weighted by Crippen LogP contribution is 2.38. The molecule has 0 amide bonds. The first-order chi connectivity index (χ1) is 9.13. The van der Waals surface area contributed by atoms with Crippen LogP contribution in [0.5, 0.6) is 17.2 Å². The lowest BCUT2D eigenvalue weighted by atomic mass is 10.1. The van der Waals surface area contributed by atoms with Gasteiger partial charge >= 0.3 is 0 Å². The van der Waals surface area contributed by atoms with Gasteiger partial charge in [0, 0.05) is 18.6 Å². The molecule has 4 nitrogen and oxygen atoms in total. The molecule has 1 aromatic carbocycles. The molecule has 1 N–H and O–H groups in total. The van der Waals surface area contributed by atoms with Crippen LogP contribution in [0.2, 0.25) is 0 Å². The summed E-state index contributed by atoms with van der Waals surface area (Å²) in [5.41, 5.74) is 0.851. The van der Waals surface area contributed by atoms with Gasteiger partial charge in [0.2, 0.25) is 5.75 Å². The number of ketones is 1. The van der Waals surface area contributed by atoms with Crippen molar-refractivity contribution in [1.29, 1.82) is 0 Å². The number of methoxy groups -OCH3 is 2. The third-order valence-corrected chi connectivity index (χ3v) is 3.91. The van der Waals surface area contributed by atoms with Crippen LogP contribution < -0.4 is 9.47 Å². The largest absolute Gasteiger partial charge is 0.502 e. The highest BCUT2D eigenvalue weighted by Gasteiger charge is 2.15. The molecule has 0 spiro atoms. The second kappa shape index (κ2) is 6.02. The van der Waals surface area contributed by atoms with E-state index in [-0.39, 0.29) is 11.5 Å². The summed E-state index contributed by atoms with van der Waals surface area (Å²) in [5, 5.41) is 9.83. The lowest BCUT2D eigenvalue weighted by Gasteiger charge is -2.13. The molecule has 1 aliphatic heterocycles. The molecule has 2 rings (SSSR count). The molecule has 5 heteroatoms. The van der Waals surface area contributed by atoms with Gasteiger partial charge in [0.1, 0.15) is 5.78 Å². The van der Waals surface area contributed by atoms with Gasteiger partial charge in [-0.2, -0.15) is 0 Å². The van der Waals surface area contributed by atoms with E-state index in [0.717, 1.165) is 16.2 Å². The van der Waals surface area contributed by atoms with E-state index in [2.05, 4.69) is 0 Å². The summed E-state index contributed by atoms with van der Waals surface area (Å²) < 4.78 is 10.2. The molecule has 19 heavy (non-hydrogen) atoms. The predicted molar refractivity (Wildman–Crippen MR) is 75.9 cm³/mol. The zero-order valence-electron chi connectivity index (χ0n) is 10.9. The van der Waals surface area contributed by atoms with Crippen molar-refractivity contribution in [2.75, 3.05) is 20.0 Å². The van der Waals surface area contributed by atoms with Crippen LogP contribution in [-0.2, 0) is 4.79 Å². The number of ether oxygens (including phenoxy) is 2. The molecule has 1 aliphatic rings. The monoisotopic (exact) mass is 280 g/mol. The molecular formula is C14H16O4S. The molecule has 1 aromatic rings. The fraction of sp³-hybridized carbons (Fsp3) is 0.357. The molecule has 1 fully saturated rings. The first-order valence-electron chi connectivity index (χ1n) is 5.94. The molecular weight excluding hydrogens is 264 g/mol. The van der Waals surface area contributed by atoms with Crippen molar-refractivity contribution in [3.63, 3.8) is 0 Å². The zero-order chi connectivity index (χ0) is 13.8. The molecule has 0 aromatic heterocycles. The highest BCUT2D eigenvalue weighted by atomic mass is 32.2. The topological polar surface area (TPSA) is 55.8 Å². The number of allylic oxidation sites excluding steroid dienone is 1. The summed E-state index contributed by atoms with van der Waals surface area (Å²) in [7, 11) is 2.98. The van der Waals surface area contributed by atoms with E-state index in [4.69, 9.17) is 9.47 Å². The molecule has 102 valence electrons. The Morgan fingerprint density at radius 2 is 1.89 bits per heavy atom. The number of hydrogen-bond donors (Lipinski definition) is 1. The Kier molecular flexibility index (Phi) is 4.37. The number of aromatic hydroxyl groups is 1. The van der Waals surface area contributed by atoms with Crippen LogP contribution in [0, 0.1) is 0 Å². The molecule has 0 bridgehead atoms. The van der Waals surface area contributed by atoms with Crippen LogP contribution in [0.25, 0.3) is 6.08 Å². The minimum absolute atomic E-state index is 0.0143. The highest BCUT2D eigenvalue weighted by molar-refractivity contribution is 8.03. The smallest absolute Gasteiger partial charge is 0.200 e. The average molecular weight is 280 g/mol. The molecule has 0 saturated carbocycles. The molecule has 0 unspecified atom stereocenters. The summed E-state index contributed by atoms with van der Waals surface area (Å²) in [5.74, 6) is 1.80. The van der Waals surface area contributed by atoms with E-state index in [1.807, 2.05) is 6.08 Å². The third kappa shape index (κ3) is 3.23. The van der Waals surface area contributed by atoms with Crippen LogP contribution in [-0.4, -0.2) is 30.9 Å². The van der Waals surface area contributed by atoms with Crippen molar-refractivity contribution in [3.05, 3.63) is 22.6 Å². The van der Waals surface area contributed by atoms with E-state index >= 15 is 0 Å². The lowest BCUT2D eigenvalue weighted by molar-refractivity contribution is -0.118. The first-order valence-corrected chi connectivity index (χ1v) is 6.92. The van der Waals surface area contributed by atoms with Gasteiger partial charge in [-0.05, 0) is 28.7 Å². The summed E-state index contributed by atoms with van der Waals surface area (Å²) in [6.07, 6.45) is 3.06. The summed E-state index contributed by atoms with van der Waals surface area (Å²) in [6, 6.07) is 3.45. The lowest BCUT2D eigenvalue weighted by Crippen LogP contribution is -2.06. The predicted octanol–water partition coefficient (Wildman–Crippen LogP) is 2.85. The average Bonchev–Trinajstić information content (AvgIpc) is 2.40. The van der Waals surface area contributed by atoms with Crippen molar-refractivity contribution in [2.24, 2.45) is 0 Å². The second-order valence-corrected chi connectivity index (χ2v) is 5.42. The number of carbonyl (C=O) groups excluding carboxylic acids is 1. The minimum atomic E-state index is -0.0143. The van der Waals surface area contributed by atoms with Gasteiger partial charge in [-0.1, -0.05) is 0 Å². The Morgan fingerprint density at radius 1 is 1.26 bits per heavy atom. The Bertz CT molecular complexity index is 497. The van der Waals surface area contributed by atoms with E-state index in [0.29, 0.717) is 24.3 Å². The number of phenols is 1. The molecule has 1 saturated heterocycles. The van der Waals surface area contributed by atoms with Gasteiger partial charge in [0.05, 0.1) is 14.2 Å². The SMILES string of the molecule is COc1cc(C=C2CC(=O)CCS2)cc(OC)c1O. The standard InChI is InChI=1S/C14H16O4S/c1-17-12-6-9(7-13(18-2)14(12)16)5-11-8-10(15)3-4-19-11/h5-7,16H,3-4,8H2,1-2H3. The third-order valence-electron chi connectivity index (χ3n) is 2.87. The maximum Gasteiger partial charge on any atom is 0.200 e. The van der Waals surface area contributed by atoms with E-state index in [9.17, 15) is 9.90 Å². The number of hydrogen-bond acceptors (Lipinski definition) is 5. The van der Waals surface area contributed by atoms with Crippen LogP contribution in [0.15, 0.2) is 17.0 Å². The number of thioether (sulfide) groups is 1. The van der Waals surface area contributed by atoms with Gasteiger partial charge in [0.15, 0.2) is 11.5 Å². The number of benzene rings is 1. The normalized spacial score (nSPS) is 17.6. The number of rotatable bonds is 3. The fourth-order valence-corrected chi connectivity index (χ4v) is 2.98. The summed E-state index contributed by atoms with van der Waals surface area (Å²) in [6.45, 7) is 0. The van der Waals surface area contributed by atoms with Gasteiger partial charge in [-0.3, -0.25) is 4.79 Å². The van der Waals surface area contributed by atoms with Crippen molar-refractivity contribution >= 4 is 23.6 Å². The van der Waals surface area contributed by atoms with Gasteiger partial charge in [-0.25, -0.2) is 0 Å². The molecule has 0 aliphatic carbocycles. The quantitative estimate of drug-likeness (QED) is 0.922. The Morgan fingerprint density at radius 3 is 2.42 bits per heavy atom. The molecule has 0 atom stereocenters. The van der Waals surface area contributed by atoms with Crippen molar-refractivity contribution < 1.29 is 19.4 Å². The van der Waals surface area contributed by atoms with Gasteiger partial charge < -0.3 is 14.6 Å². The maximum absolute atomic E-state index is 11.4. The Balaban J connectivity index is 2.34. The number of carbonyl (C=O) groups is 1. The summed E-state index contributed by atoms with van der Waals surface area (Å²) >= 11 is 1.69. The van der Waals surface area contributed by atoms with E-state index in [1.54, 1.807) is 23.9 Å². The van der Waals surface area contributed by atoms with Crippen molar-refractivity contribution in [2.45, 2.75) is 12.8 Å². The summed E-state index contributed by atoms with van der Waals surface area (Å²) in [4.78, 5) is 12.5. The van der Waals surface area contributed by atoms with E-state index < -0.39 is 0 Å². The van der Waals surface area contributed by atoms with Crippen molar-refractivity contribution in [3.8, 4) is 17.2 Å². The Labute approximate surface area is 116 Å². The molecule has 1 heterocycles. The van der Waals surface area contributed by atoms with Crippen LogP contribution >= 0.6 is 11.8 Å². The van der Waals surface area contributed by atoms with E-state index in [1.165, 1.54) is 14.2 Å². The second-order valence-electron chi connectivity index (χ2n) is 4.20. The van der Waals surface area contributed by atoms with Crippen LogP contribution in [0.3, 0.4) is 0 Å². The Hall–Kier alpha value is -1.62. The number of Topliss-reactive ketones (excluding diaryl/α,β-unsaturated/α-hetero) is 1. The fourth-order valence-electron chi connectivity index (χ4n) is 1.91. The van der Waals surface area contributed by atoms with Gasteiger partial charge in [-0.15, -0.1) is 11.8 Å². The van der Waals surface area contributed by atoms with Gasteiger partial charge in [0.25, 0.3) is 0 Å². The van der Waals surface area contributed by atoms with Crippen molar-refractivity contribution in [1.82, 2.24) is 0 Å².